The average molecular weight is 366 g/mol. The molecule has 0 unspecified atom stereocenters. The smallest absolute Gasteiger partial charge is 0.266 e. The molecule has 3 aromatic heterocycles. The highest BCUT2D eigenvalue weighted by Crippen LogP contribution is 2.26. The van der Waals surface area contributed by atoms with Crippen LogP contribution in [0.25, 0.3) is 5.65 Å². The van der Waals surface area contributed by atoms with Crippen molar-refractivity contribution in [3.63, 3.8) is 0 Å². The molecule has 0 spiro atoms. The number of amides is 1. The first kappa shape index (κ1) is 17.4. The monoisotopic (exact) mass is 366 g/mol. The van der Waals surface area contributed by atoms with Crippen LogP contribution in [0, 0.1) is 27.7 Å². The lowest BCUT2D eigenvalue weighted by atomic mass is 9.97. The predicted molar refractivity (Wildman–Crippen MR) is 99.8 cm³/mol. The van der Waals surface area contributed by atoms with E-state index in [1.54, 1.807) is 4.52 Å². The number of carbonyl (C=O) groups is 1. The van der Waals surface area contributed by atoms with Crippen molar-refractivity contribution in [2.45, 2.75) is 40.0 Å². The first-order chi connectivity index (χ1) is 12.8. The summed E-state index contributed by atoms with van der Waals surface area (Å²) in [6.45, 7) is 8.95. The fourth-order valence-corrected chi connectivity index (χ4v) is 3.66. The summed E-state index contributed by atoms with van der Waals surface area (Å²) in [4.78, 5) is 39.6. The third-order valence-corrected chi connectivity index (χ3v) is 5.13. The van der Waals surface area contributed by atoms with Crippen LogP contribution < -0.4 is 5.56 Å². The molecule has 1 saturated heterocycles. The maximum absolute atomic E-state index is 12.7. The summed E-state index contributed by atoms with van der Waals surface area (Å²) in [5.74, 6) is 1.06. The lowest BCUT2D eigenvalue weighted by Gasteiger charge is -2.38. The van der Waals surface area contributed by atoms with Crippen LogP contribution in [0.2, 0.25) is 0 Å². The van der Waals surface area contributed by atoms with E-state index >= 15 is 0 Å². The van der Waals surface area contributed by atoms with Crippen molar-refractivity contribution in [1.29, 1.82) is 0 Å². The summed E-state index contributed by atoms with van der Waals surface area (Å²) in [6, 6.07) is 3.40. The Bertz CT molecular complexity index is 1090. The number of hydrogen-bond donors (Lipinski definition) is 1. The van der Waals surface area contributed by atoms with Crippen LogP contribution in [0.1, 0.15) is 40.1 Å². The van der Waals surface area contributed by atoms with E-state index < -0.39 is 0 Å². The van der Waals surface area contributed by atoms with Gasteiger partial charge in [-0.2, -0.15) is 0 Å². The topological polar surface area (TPSA) is 96.2 Å². The van der Waals surface area contributed by atoms with Crippen LogP contribution in [-0.4, -0.2) is 48.5 Å². The third-order valence-electron chi connectivity index (χ3n) is 5.13. The average Bonchev–Trinajstić information content (AvgIpc) is 2.89. The second kappa shape index (κ2) is 6.29. The van der Waals surface area contributed by atoms with Gasteiger partial charge in [0.15, 0.2) is 5.65 Å². The zero-order chi connectivity index (χ0) is 19.3. The first-order valence-electron chi connectivity index (χ1n) is 8.99. The van der Waals surface area contributed by atoms with Crippen molar-refractivity contribution < 1.29 is 4.79 Å². The molecule has 1 amide bonds. The number of hydrogen-bond acceptors (Lipinski definition) is 5. The van der Waals surface area contributed by atoms with E-state index in [9.17, 15) is 9.59 Å². The molecular weight excluding hydrogens is 344 g/mol. The summed E-state index contributed by atoms with van der Waals surface area (Å²) in [7, 11) is 0. The van der Waals surface area contributed by atoms with E-state index in [0.29, 0.717) is 18.7 Å². The number of likely N-dealkylation sites (tertiary alicyclic amines) is 1. The van der Waals surface area contributed by atoms with Gasteiger partial charge in [-0.1, -0.05) is 0 Å². The van der Waals surface area contributed by atoms with Crippen LogP contribution in [0.4, 0.5) is 0 Å². The Balaban J connectivity index is 1.49. The number of rotatable bonds is 3. The molecule has 8 heteroatoms. The minimum absolute atomic E-state index is 0.0532. The summed E-state index contributed by atoms with van der Waals surface area (Å²) in [6.07, 6.45) is 0.265. The molecule has 1 fully saturated rings. The molecule has 0 saturated carbocycles. The van der Waals surface area contributed by atoms with Crippen molar-refractivity contribution in [1.82, 2.24) is 29.5 Å². The van der Waals surface area contributed by atoms with Gasteiger partial charge in [-0.05, 0) is 33.8 Å². The second-order valence-electron chi connectivity index (χ2n) is 7.26. The predicted octanol–water partition coefficient (Wildman–Crippen LogP) is 1.21. The van der Waals surface area contributed by atoms with Gasteiger partial charge in [0.1, 0.15) is 5.82 Å². The molecule has 1 aliphatic rings. The van der Waals surface area contributed by atoms with Crippen molar-refractivity contribution in [3.8, 4) is 0 Å². The number of fused-ring (bicyclic) bond motifs is 1. The number of nitrogens with one attached hydrogen (secondary N) is 1. The molecular formula is C19H22N6O2. The van der Waals surface area contributed by atoms with E-state index in [-0.39, 0.29) is 23.8 Å². The highest BCUT2D eigenvalue weighted by molar-refractivity contribution is 5.80. The third kappa shape index (κ3) is 3.11. The molecule has 1 aliphatic heterocycles. The van der Waals surface area contributed by atoms with E-state index in [2.05, 4.69) is 20.1 Å². The van der Waals surface area contributed by atoms with Crippen LogP contribution in [0.3, 0.4) is 0 Å². The van der Waals surface area contributed by atoms with Gasteiger partial charge < -0.3 is 4.90 Å². The molecule has 0 atom stereocenters. The fraction of sp³-hybridized carbons (Fsp3) is 0.421. The zero-order valence-electron chi connectivity index (χ0n) is 15.9. The molecule has 1 N–H and O–H groups in total. The van der Waals surface area contributed by atoms with Gasteiger partial charge in [-0.25, -0.2) is 19.5 Å². The largest absolute Gasteiger partial charge is 0.341 e. The molecule has 4 heterocycles. The zero-order valence-corrected chi connectivity index (χ0v) is 15.9. The summed E-state index contributed by atoms with van der Waals surface area (Å²) >= 11 is 0. The second-order valence-corrected chi connectivity index (χ2v) is 7.26. The Morgan fingerprint density at radius 2 is 1.78 bits per heavy atom. The molecule has 3 aromatic rings. The summed E-state index contributed by atoms with van der Waals surface area (Å²) in [5, 5.41) is 2.72. The Morgan fingerprint density at radius 1 is 1.11 bits per heavy atom. The highest BCUT2D eigenvalue weighted by Gasteiger charge is 2.34. The van der Waals surface area contributed by atoms with Crippen molar-refractivity contribution in [2.24, 2.45) is 0 Å². The number of nitrogens with zero attached hydrogens (tertiary/aromatic N) is 5. The molecule has 27 heavy (non-hydrogen) atoms. The normalized spacial score (nSPS) is 14.6. The lowest BCUT2D eigenvalue weighted by Crippen LogP contribution is -2.49. The molecule has 0 bridgehead atoms. The summed E-state index contributed by atoms with van der Waals surface area (Å²) < 4.78 is 1.64. The molecule has 0 radical (unpaired) electrons. The molecule has 8 nitrogen and oxygen atoms in total. The minimum Gasteiger partial charge on any atom is -0.341 e. The molecule has 0 aliphatic carbocycles. The number of H-pyrrole nitrogens is 1. The van der Waals surface area contributed by atoms with Crippen molar-refractivity contribution >= 4 is 11.6 Å². The Morgan fingerprint density at radius 3 is 2.44 bits per heavy atom. The Hall–Kier alpha value is -3.03. The lowest BCUT2D eigenvalue weighted by molar-refractivity contribution is -0.135. The van der Waals surface area contributed by atoms with Gasteiger partial charge in [-0.3, -0.25) is 14.7 Å². The number of carbonyl (C=O) groups excluding carboxylic acids is 1. The first-order valence-corrected chi connectivity index (χ1v) is 8.99. The maximum atomic E-state index is 12.7. The van der Waals surface area contributed by atoms with Gasteiger partial charge in [0.2, 0.25) is 5.91 Å². The van der Waals surface area contributed by atoms with Gasteiger partial charge in [-0.15, -0.1) is 0 Å². The van der Waals surface area contributed by atoms with E-state index in [1.807, 2.05) is 38.7 Å². The van der Waals surface area contributed by atoms with E-state index in [4.69, 9.17) is 0 Å². The van der Waals surface area contributed by atoms with Crippen LogP contribution in [0.15, 0.2) is 16.9 Å². The fourth-order valence-electron chi connectivity index (χ4n) is 3.66. The van der Waals surface area contributed by atoms with Crippen LogP contribution in [0.5, 0.6) is 0 Å². The van der Waals surface area contributed by atoms with Crippen molar-refractivity contribution in [3.05, 3.63) is 56.7 Å². The van der Waals surface area contributed by atoms with Gasteiger partial charge in [0, 0.05) is 47.5 Å². The molecule has 140 valence electrons. The Labute approximate surface area is 156 Å². The van der Waals surface area contributed by atoms with E-state index in [1.165, 1.54) is 6.07 Å². The minimum atomic E-state index is -0.201. The van der Waals surface area contributed by atoms with Crippen LogP contribution in [-0.2, 0) is 11.2 Å². The van der Waals surface area contributed by atoms with Crippen LogP contribution >= 0.6 is 0 Å². The van der Waals surface area contributed by atoms with Gasteiger partial charge in [0.25, 0.3) is 5.56 Å². The van der Waals surface area contributed by atoms with Gasteiger partial charge >= 0.3 is 0 Å². The quantitative estimate of drug-likeness (QED) is 0.752. The maximum Gasteiger partial charge on any atom is 0.266 e. The Kier molecular flexibility index (Phi) is 4.05. The number of aromatic amines is 1. The molecule has 0 aromatic carbocycles. The van der Waals surface area contributed by atoms with Gasteiger partial charge in [0.05, 0.1) is 12.3 Å². The number of aryl methyl sites for hydroxylation is 4. The standard InChI is InChI=1S/C19H22N6O2/c1-10-5-11(2)21-19(20-10)14-8-24(9-14)18(27)6-15-12(3)22-16-7-17(26)23-25(16)13(15)4/h5,7,14H,6,8-9H2,1-4H3,(H,23,26). The van der Waals surface area contributed by atoms with E-state index in [0.717, 1.165) is 34.2 Å². The molecule has 4 rings (SSSR count). The SMILES string of the molecule is Cc1cc(C)nc(C2CN(C(=O)Cc3c(C)nc4cc(=O)[nH]n4c3C)C2)n1. The summed E-state index contributed by atoms with van der Waals surface area (Å²) in [5.41, 5.74) is 4.74. The highest BCUT2D eigenvalue weighted by atomic mass is 16.2. The van der Waals surface area contributed by atoms with Crippen molar-refractivity contribution in [2.75, 3.05) is 13.1 Å². The number of aromatic nitrogens is 5.